The van der Waals surface area contributed by atoms with Gasteiger partial charge in [-0.15, -0.1) is 0 Å². The number of morpholine rings is 1. The fraction of sp³-hybridized carbons (Fsp3) is 0.611. The number of aryl methyl sites for hydroxylation is 1. The van der Waals surface area contributed by atoms with Crippen LogP contribution in [-0.4, -0.2) is 81.4 Å². The molecule has 1 N–H and O–H groups in total. The molecule has 2 aromatic rings. The quantitative estimate of drug-likeness (QED) is 0.885. The van der Waals surface area contributed by atoms with Gasteiger partial charge in [0, 0.05) is 57.4 Å². The van der Waals surface area contributed by atoms with Gasteiger partial charge in [0.15, 0.2) is 5.82 Å². The molecule has 0 unspecified atom stereocenters. The summed E-state index contributed by atoms with van der Waals surface area (Å²) >= 11 is 0. The minimum Gasteiger partial charge on any atom is -0.375 e. The minimum absolute atomic E-state index is 0.0175. The zero-order chi connectivity index (χ0) is 18.3. The topological polar surface area (TPSA) is 79.3 Å². The van der Waals surface area contributed by atoms with E-state index in [4.69, 9.17) is 4.74 Å². The lowest BCUT2D eigenvalue weighted by molar-refractivity contribution is -0.134. The van der Waals surface area contributed by atoms with Gasteiger partial charge in [0.1, 0.15) is 5.69 Å². The number of aromatic amines is 1. The number of ether oxygens (including phenoxy) is 1. The van der Waals surface area contributed by atoms with Crippen LogP contribution in [0.2, 0.25) is 0 Å². The predicted octanol–water partition coefficient (Wildman–Crippen LogP) is 1.07. The first kappa shape index (κ1) is 17.2. The first-order valence-electron chi connectivity index (χ1n) is 9.12. The van der Waals surface area contributed by atoms with Crippen molar-refractivity contribution in [2.45, 2.75) is 38.0 Å². The Kier molecular flexibility index (Phi) is 4.54. The smallest absolute Gasteiger partial charge is 0.224 e. The van der Waals surface area contributed by atoms with Crippen molar-refractivity contribution in [1.82, 2.24) is 29.5 Å². The lowest BCUT2D eigenvalue weighted by atomic mass is 10.1. The minimum atomic E-state index is -0.0175. The van der Waals surface area contributed by atoms with Crippen LogP contribution < -0.4 is 0 Å². The Bertz CT molecular complexity index is 782. The van der Waals surface area contributed by atoms with Crippen LogP contribution in [0.1, 0.15) is 24.6 Å². The Labute approximate surface area is 153 Å². The lowest BCUT2D eigenvalue weighted by Gasteiger charge is -2.35. The maximum atomic E-state index is 12.0. The van der Waals surface area contributed by atoms with E-state index in [9.17, 15) is 4.79 Å². The van der Waals surface area contributed by atoms with Gasteiger partial charge in [-0.3, -0.25) is 14.8 Å². The largest absolute Gasteiger partial charge is 0.375 e. The monoisotopic (exact) mass is 358 g/mol. The second-order valence-corrected chi connectivity index (χ2v) is 7.54. The summed E-state index contributed by atoms with van der Waals surface area (Å²) in [6.07, 6.45) is 5.34. The molecule has 0 saturated carbocycles. The molecule has 8 nitrogen and oxygen atoms in total. The second-order valence-electron chi connectivity index (χ2n) is 7.54. The number of imidazole rings is 1. The highest BCUT2D eigenvalue weighted by atomic mass is 16.5. The number of hydrogen-bond acceptors (Lipinski definition) is 5. The summed E-state index contributed by atoms with van der Waals surface area (Å²) in [5, 5.41) is 7.34. The van der Waals surface area contributed by atoms with Crippen molar-refractivity contribution in [2.75, 3.05) is 33.8 Å². The summed E-state index contributed by atoms with van der Waals surface area (Å²) in [5.74, 6) is 1.02. The lowest BCUT2D eigenvalue weighted by Crippen LogP contribution is -2.47. The van der Waals surface area contributed by atoms with Crippen LogP contribution in [0.5, 0.6) is 0 Å². The molecule has 2 aromatic heterocycles. The van der Waals surface area contributed by atoms with Crippen molar-refractivity contribution in [2.24, 2.45) is 0 Å². The highest BCUT2D eigenvalue weighted by molar-refractivity contribution is 5.76. The highest BCUT2D eigenvalue weighted by Crippen LogP contribution is 2.33. The van der Waals surface area contributed by atoms with Gasteiger partial charge in [-0.1, -0.05) is 0 Å². The number of fused-ring (bicyclic) bond motifs is 1. The molecule has 2 fully saturated rings. The highest BCUT2D eigenvalue weighted by Gasteiger charge is 2.39. The molecule has 3 atom stereocenters. The zero-order valence-corrected chi connectivity index (χ0v) is 15.6. The van der Waals surface area contributed by atoms with E-state index < -0.39 is 0 Å². The Morgan fingerprint density at radius 1 is 1.38 bits per heavy atom. The van der Waals surface area contributed by atoms with Crippen molar-refractivity contribution in [3.63, 3.8) is 0 Å². The SMILES string of the molecule is Cc1cc(-c2nccn2[C@@H]2C[C@H]3CO[C@@H](CC(=O)N(C)C)CN3C2)n[nH]1. The van der Waals surface area contributed by atoms with Gasteiger partial charge in [0.25, 0.3) is 0 Å². The molecule has 0 aromatic carbocycles. The number of H-pyrrole nitrogens is 1. The van der Waals surface area contributed by atoms with E-state index in [1.807, 2.05) is 25.4 Å². The van der Waals surface area contributed by atoms with E-state index in [-0.39, 0.29) is 12.0 Å². The Morgan fingerprint density at radius 3 is 2.96 bits per heavy atom. The molecular weight excluding hydrogens is 332 g/mol. The normalized spacial score (nSPS) is 26.0. The molecule has 2 aliphatic rings. The van der Waals surface area contributed by atoms with Crippen molar-refractivity contribution in [1.29, 1.82) is 0 Å². The number of rotatable bonds is 4. The summed E-state index contributed by atoms with van der Waals surface area (Å²) in [7, 11) is 3.58. The van der Waals surface area contributed by atoms with Crippen LogP contribution in [-0.2, 0) is 9.53 Å². The first-order chi connectivity index (χ1) is 12.5. The second kappa shape index (κ2) is 6.85. The summed E-state index contributed by atoms with van der Waals surface area (Å²) in [6.45, 7) is 4.44. The number of nitrogens with zero attached hydrogens (tertiary/aromatic N) is 5. The third kappa shape index (κ3) is 3.26. The van der Waals surface area contributed by atoms with Crippen molar-refractivity contribution in [3.05, 3.63) is 24.2 Å². The molecule has 0 bridgehead atoms. The molecule has 8 heteroatoms. The van der Waals surface area contributed by atoms with Gasteiger partial charge < -0.3 is 14.2 Å². The maximum absolute atomic E-state index is 12.0. The van der Waals surface area contributed by atoms with Gasteiger partial charge in [-0.25, -0.2) is 4.98 Å². The molecule has 0 radical (unpaired) electrons. The molecule has 0 aliphatic carbocycles. The number of carbonyl (C=O) groups excluding carboxylic acids is 1. The number of amides is 1. The van der Waals surface area contributed by atoms with Gasteiger partial charge in [-0.2, -0.15) is 5.10 Å². The molecule has 4 rings (SSSR count). The molecule has 1 amide bonds. The van der Waals surface area contributed by atoms with Crippen molar-refractivity contribution >= 4 is 5.91 Å². The van der Waals surface area contributed by atoms with Crippen LogP contribution >= 0.6 is 0 Å². The number of carbonyl (C=O) groups is 1. The average molecular weight is 358 g/mol. The summed E-state index contributed by atoms with van der Waals surface area (Å²) in [6, 6.07) is 2.77. The van der Waals surface area contributed by atoms with E-state index in [0.29, 0.717) is 25.1 Å². The third-order valence-corrected chi connectivity index (χ3v) is 5.37. The first-order valence-corrected chi connectivity index (χ1v) is 9.12. The van der Waals surface area contributed by atoms with Gasteiger partial charge >= 0.3 is 0 Å². The summed E-state index contributed by atoms with van der Waals surface area (Å²) in [4.78, 5) is 20.6. The van der Waals surface area contributed by atoms with Gasteiger partial charge in [-0.05, 0) is 19.4 Å². The number of aromatic nitrogens is 4. The predicted molar refractivity (Wildman–Crippen MR) is 96.6 cm³/mol. The molecule has 2 aliphatic heterocycles. The van der Waals surface area contributed by atoms with E-state index in [1.165, 1.54) is 0 Å². The molecule has 0 spiro atoms. The summed E-state index contributed by atoms with van der Waals surface area (Å²) < 4.78 is 8.20. The molecule has 2 saturated heterocycles. The van der Waals surface area contributed by atoms with E-state index in [0.717, 1.165) is 36.7 Å². The van der Waals surface area contributed by atoms with Crippen LogP contribution in [0.25, 0.3) is 11.5 Å². The zero-order valence-electron chi connectivity index (χ0n) is 15.6. The van der Waals surface area contributed by atoms with Gasteiger partial charge in [0.2, 0.25) is 5.91 Å². The van der Waals surface area contributed by atoms with Crippen LogP contribution in [0.3, 0.4) is 0 Å². The molecular formula is C18H26N6O2. The average Bonchev–Trinajstić information content (AvgIpc) is 3.31. The fourth-order valence-corrected chi connectivity index (χ4v) is 3.96. The van der Waals surface area contributed by atoms with E-state index in [1.54, 1.807) is 19.0 Å². The van der Waals surface area contributed by atoms with Crippen LogP contribution in [0, 0.1) is 6.92 Å². The van der Waals surface area contributed by atoms with Crippen molar-refractivity contribution in [3.8, 4) is 11.5 Å². The number of hydrogen-bond donors (Lipinski definition) is 1. The Balaban J connectivity index is 1.45. The molecule has 4 heterocycles. The maximum Gasteiger partial charge on any atom is 0.224 e. The molecule has 26 heavy (non-hydrogen) atoms. The standard InChI is InChI=1S/C18H26N6O2/c1-12-6-16(21-20-12)18-19-4-5-24(18)13-7-14-11-26-15(10-23(14)9-13)8-17(25)22(2)3/h4-6,13-15H,7-11H2,1-3H3,(H,20,21)/t13-,14+,15+/m1/s1. The van der Waals surface area contributed by atoms with E-state index in [2.05, 4.69) is 24.6 Å². The van der Waals surface area contributed by atoms with Crippen LogP contribution in [0.15, 0.2) is 18.5 Å². The van der Waals surface area contributed by atoms with Crippen molar-refractivity contribution < 1.29 is 9.53 Å². The number of nitrogens with one attached hydrogen (secondary N) is 1. The Morgan fingerprint density at radius 2 is 2.23 bits per heavy atom. The molecule has 140 valence electrons. The Hall–Kier alpha value is -2.19. The fourth-order valence-electron chi connectivity index (χ4n) is 3.96. The van der Waals surface area contributed by atoms with Gasteiger partial charge in [0.05, 0.1) is 19.1 Å². The van der Waals surface area contributed by atoms with Crippen LogP contribution in [0.4, 0.5) is 0 Å². The van der Waals surface area contributed by atoms with E-state index >= 15 is 0 Å². The third-order valence-electron chi connectivity index (χ3n) is 5.37. The summed E-state index contributed by atoms with van der Waals surface area (Å²) in [5.41, 5.74) is 1.91.